The van der Waals surface area contributed by atoms with Gasteiger partial charge in [-0.25, -0.2) is 19.9 Å². The second kappa shape index (κ2) is 13.2. The number of aryl methyl sites for hydroxylation is 1. The van der Waals surface area contributed by atoms with Gasteiger partial charge in [-0.15, -0.1) is 0 Å². The number of ether oxygens (including phenoxy) is 1. The van der Waals surface area contributed by atoms with Crippen LogP contribution in [0, 0.1) is 12.8 Å². The van der Waals surface area contributed by atoms with Gasteiger partial charge in [0.05, 0.1) is 17.5 Å². The van der Waals surface area contributed by atoms with Crippen LogP contribution >= 0.6 is 0 Å². The largest absolute Gasteiger partial charge is 0.469 e. The Balaban J connectivity index is 1.05. The number of likely N-dealkylation sites (tertiary alicyclic amines) is 1. The molecule has 0 aromatic carbocycles. The number of aliphatic hydroxyl groups is 1. The molecule has 2 amide bonds. The lowest BCUT2D eigenvalue weighted by Gasteiger charge is -2.31. The van der Waals surface area contributed by atoms with E-state index in [4.69, 9.17) is 9.15 Å². The Kier molecular flexibility index (Phi) is 9.20. The molecule has 5 rings (SSSR count). The maximum Gasteiger partial charge on any atom is 0.270 e. The fraction of sp³-hybridized carbons (Fsp3) is 0.517. The number of aliphatic hydroxyl groups excluding tert-OH is 1. The number of aromatic nitrogens is 4. The van der Waals surface area contributed by atoms with Gasteiger partial charge in [-0.05, 0) is 43.7 Å². The Morgan fingerprint density at radius 3 is 2.78 bits per heavy atom. The standard InChI is InChI=1S/C29H37N7O5/c1-19-27(41-18-33-19)16-40-28-4-3-22-14-35(8-7-25(22)34-28)15-24(38)13-30-29(39)26-12-23(31-17-32-26)11-21-5-9-36(10-6-21)20(2)37/h3-4,12,17-18,21,24,38H,5-11,13-16H2,1-2H3,(H,30,39)/t24-/m0/s1. The molecule has 1 fully saturated rings. The molecule has 1 atom stereocenters. The van der Waals surface area contributed by atoms with Crippen molar-refractivity contribution in [3.63, 3.8) is 0 Å². The number of hydrogen-bond acceptors (Lipinski definition) is 10. The third kappa shape index (κ3) is 7.65. The first kappa shape index (κ1) is 28.6. The van der Waals surface area contributed by atoms with Gasteiger partial charge in [0.2, 0.25) is 11.8 Å². The molecule has 41 heavy (non-hydrogen) atoms. The fourth-order valence-electron chi connectivity index (χ4n) is 5.34. The van der Waals surface area contributed by atoms with E-state index in [0.29, 0.717) is 30.6 Å². The van der Waals surface area contributed by atoms with Crippen molar-refractivity contribution < 1.29 is 23.8 Å². The molecule has 0 radical (unpaired) electrons. The smallest absolute Gasteiger partial charge is 0.270 e. The van der Waals surface area contributed by atoms with Crippen molar-refractivity contribution in [2.45, 2.75) is 58.8 Å². The molecule has 2 aliphatic rings. The number of piperidine rings is 1. The summed E-state index contributed by atoms with van der Waals surface area (Å²) >= 11 is 0. The van der Waals surface area contributed by atoms with Gasteiger partial charge in [-0.3, -0.25) is 14.5 Å². The van der Waals surface area contributed by atoms with E-state index in [1.807, 2.05) is 24.0 Å². The van der Waals surface area contributed by atoms with Gasteiger partial charge in [0, 0.05) is 64.4 Å². The summed E-state index contributed by atoms with van der Waals surface area (Å²) in [7, 11) is 0. The summed E-state index contributed by atoms with van der Waals surface area (Å²) in [6.07, 6.45) is 5.42. The second-order valence-electron chi connectivity index (χ2n) is 10.8. The molecule has 12 heteroatoms. The summed E-state index contributed by atoms with van der Waals surface area (Å²) in [4.78, 5) is 45.5. The fourth-order valence-corrected chi connectivity index (χ4v) is 5.34. The van der Waals surface area contributed by atoms with Crippen LogP contribution in [0.15, 0.2) is 35.3 Å². The van der Waals surface area contributed by atoms with Gasteiger partial charge in [-0.1, -0.05) is 6.07 Å². The monoisotopic (exact) mass is 563 g/mol. The van der Waals surface area contributed by atoms with E-state index < -0.39 is 6.10 Å². The molecule has 0 unspecified atom stereocenters. The number of nitrogens with zero attached hydrogens (tertiary/aromatic N) is 6. The van der Waals surface area contributed by atoms with Gasteiger partial charge < -0.3 is 24.5 Å². The molecule has 1 saturated heterocycles. The van der Waals surface area contributed by atoms with E-state index in [0.717, 1.165) is 68.0 Å². The number of pyridine rings is 1. The summed E-state index contributed by atoms with van der Waals surface area (Å²) in [5, 5.41) is 13.4. The minimum absolute atomic E-state index is 0.114. The number of nitrogens with one attached hydrogen (secondary N) is 1. The molecule has 218 valence electrons. The van der Waals surface area contributed by atoms with Gasteiger partial charge in [0.25, 0.3) is 5.91 Å². The number of β-amino-alcohol motifs (C(OH)–C–C–N with tert-alkyl or cyclic N) is 1. The van der Waals surface area contributed by atoms with E-state index in [9.17, 15) is 14.7 Å². The summed E-state index contributed by atoms with van der Waals surface area (Å²) in [5.74, 6) is 1.43. The molecular weight excluding hydrogens is 526 g/mol. The van der Waals surface area contributed by atoms with Crippen molar-refractivity contribution in [3.8, 4) is 5.88 Å². The molecule has 2 aliphatic heterocycles. The number of fused-ring (bicyclic) bond motifs is 1. The van der Waals surface area contributed by atoms with Crippen LogP contribution in [0.4, 0.5) is 0 Å². The van der Waals surface area contributed by atoms with Crippen molar-refractivity contribution in [2.24, 2.45) is 5.92 Å². The first-order valence-electron chi connectivity index (χ1n) is 14.1. The Morgan fingerprint density at radius 1 is 1.20 bits per heavy atom. The molecule has 0 saturated carbocycles. The number of rotatable bonds is 10. The topological polar surface area (TPSA) is 147 Å². The van der Waals surface area contributed by atoms with Crippen molar-refractivity contribution in [2.75, 3.05) is 32.7 Å². The van der Waals surface area contributed by atoms with E-state index in [-0.39, 0.29) is 30.7 Å². The molecule has 0 bridgehead atoms. The molecular formula is C29H37N7O5. The number of oxazole rings is 1. The van der Waals surface area contributed by atoms with Gasteiger partial charge in [0.1, 0.15) is 18.6 Å². The lowest BCUT2D eigenvalue weighted by Crippen LogP contribution is -2.42. The minimum atomic E-state index is -0.728. The minimum Gasteiger partial charge on any atom is -0.469 e. The average molecular weight is 564 g/mol. The predicted octanol–water partition coefficient (Wildman–Crippen LogP) is 1.70. The predicted molar refractivity (Wildman–Crippen MR) is 148 cm³/mol. The molecule has 2 N–H and O–H groups in total. The zero-order chi connectivity index (χ0) is 28.8. The number of amides is 2. The molecule has 3 aromatic rings. The zero-order valence-corrected chi connectivity index (χ0v) is 23.6. The van der Waals surface area contributed by atoms with E-state index in [1.165, 1.54) is 12.7 Å². The van der Waals surface area contributed by atoms with E-state index in [2.05, 4.69) is 30.2 Å². The summed E-state index contributed by atoms with van der Waals surface area (Å²) in [5.41, 5.74) is 3.98. The van der Waals surface area contributed by atoms with E-state index >= 15 is 0 Å². The van der Waals surface area contributed by atoms with Crippen LogP contribution in [0.1, 0.15) is 58.7 Å². The van der Waals surface area contributed by atoms with Crippen LogP contribution in [-0.4, -0.2) is 85.5 Å². The Labute approximate surface area is 239 Å². The van der Waals surface area contributed by atoms with Gasteiger partial charge >= 0.3 is 0 Å². The van der Waals surface area contributed by atoms with Crippen LogP contribution in [0.2, 0.25) is 0 Å². The Hall–Kier alpha value is -3.90. The van der Waals surface area contributed by atoms with Crippen LogP contribution in [0.5, 0.6) is 5.88 Å². The Bertz CT molecular complexity index is 1350. The van der Waals surface area contributed by atoms with Crippen molar-refractivity contribution in [3.05, 3.63) is 65.0 Å². The molecule has 0 spiro atoms. The summed E-state index contributed by atoms with van der Waals surface area (Å²) in [6, 6.07) is 5.57. The van der Waals surface area contributed by atoms with E-state index in [1.54, 1.807) is 13.0 Å². The maximum atomic E-state index is 12.7. The first-order valence-corrected chi connectivity index (χ1v) is 14.1. The SMILES string of the molecule is CC(=O)N1CCC(Cc2cc(C(=O)NC[C@H](O)CN3CCc4nc(OCc5ocnc5C)ccc4C3)ncn2)CC1. The highest BCUT2D eigenvalue weighted by molar-refractivity contribution is 5.92. The van der Waals surface area contributed by atoms with Crippen molar-refractivity contribution in [1.29, 1.82) is 0 Å². The number of carbonyl (C=O) groups excluding carboxylic acids is 2. The quantitative estimate of drug-likeness (QED) is 0.374. The maximum absolute atomic E-state index is 12.7. The molecule has 0 aliphatic carbocycles. The van der Waals surface area contributed by atoms with Crippen molar-refractivity contribution >= 4 is 11.8 Å². The second-order valence-corrected chi connectivity index (χ2v) is 10.8. The molecule has 3 aromatic heterocycles. The number of hydrogen-bond donors (Lipinski definition) is 2. The summed E-state index contributed by atoms with van der Waals surface area (Å²) in [6.45, 7) is 7.22. The third-order valence-corrected chi connectivity index (χ3v) is 7.78. The molecule has 5 heterocycles. The highest BCUT2D eigenvalue weighted by atomic mass is 16.5. The number of carbonyl (C=O) groups is 2. The average Bonchev–Trinajstić information content (AvgIpc) is 3.39. The highest BCUT2D eigenvalue weighted by Crippen LogP contribution is 2.22. The van der Waals surface area contributed by atoms with Crippen LogP contribution in [0.25, 0.3) is 0 Å². The Morgan fingerprint density at radius 2 is 2.02 bits per heavy atom. The normalized spacial score (nSPS) is 16.7. The van der Waals surface area contributed by atoms with Crippen molar-refractivity contribution in [1.82, 2.24) is 35.1 Å². The van der Waals surface area contributed by atoms with Crippen LogP contribution in [-0.2, 0) is 30.8 Å². The van der Waals surface area contributed by atoms with Gasteiger partial charge in [0.15, 0.2) is 12.2 Å². The van der Waals surface area contributed by atoms with Crippen LogP contribution < -0.4 is 10.1 Å². The lowest BCUT2D eigenvalue weighted by molar-refractivity contribution is -0.130. The van der Waals surface area contributed by atoms with Gasteiger partial charge in [-0.2, -0.15) is 0 Å². The highest BCUT2D eigenvalue weighted by Gasteiger charge is 2.23. The zero-order valence-electron chi connectivity index (χ0n) is 23.6. The van der Waals surface area contributed by atoms with Crippen LogP contribution in [0.3, 0.4) is 0 Å². The first-order chi connectivity index (χ1) is 19.8. The lowest BCUT2D eigenvalue weighted by atomic mass is 9.92. The third-order valence-electron chi connectivity index (χ3n) is 7.78. The summed E-state index contributed by atoms with van der Waals surface area (Å²) < 4.78 is 11.1. The molecule has 12 nitrogen and oxygen atoms in total.